The Morgan fingerprint density at radius 1 is 1.27 bits per heavy atom. The molecule has 9 heteroatoms. The molecule has 1 saturated heterocycles. The quantitative estimate of drug-likeness (QED) is 0.875. The number of carboxylic acid groups (broad SMARTS) is 1. The number of hydrogen-bond donors (Lipinski definition) is 1. The molecular formula is C13H18N2O5S2. The summed E-state index contributed by atoms with van der Waals surface area (Å²) in [7, 11) is -1.68. The molecule has 7 nitrogen and oxygen atoms in total. The van der Waals surface area contributed by atoms with Gasteiger partial charge < -0.3 is 10.0 Å². The lowest BCUT2D eigenvalue weighted by Crippen LogP contribution is -2.46. The maximum Gasteiger partial charge on any atom is 0.345 e. The molecule has 22 heavy (non-hydrogen) atoms. The van der Waals surface area contributed by atoms with E-state index in [9.17, 15) is 18.0 Å². The van der Waals surface area contributed by atoms with E-state index in [1.807, 2.05) is 0 Å². The number of sulfonamides is 1. The highest BCUT2D eigenvalue weighted by Gasteiger charge is 2.29. The van der Waals surface area contributed by atoms with Gasteiger partial charge in [-0.3, -0.25) is 4.79 Å². The summed E-state index contributed by atoms with van der Waals surface area (Å²) < 4.78 is 24.4. The van der Waals surface area contributed by atoms with Crippen LogP contribution < -0.4 is 0 Å². The van der Waals surface area contributed by atoms with E-state index in [0.717, 1.165) is 11.3 Å². The second kappa shape index (κ2) is 6.35. The number of carboxylic acids is 1. The minimum absolute atomic E-state index is 0.100. The lowest BCUT2D eigenvalue weighted by Gasteiger charge is -2.35. The molecule has 1 aromatic rings. The first-order valence-electron chi connectivity index (χ1n) is 6.75. The van der Waals surface area contributed by atoms with Gasteiger partial charge in [-0.25, -0.2) is 17.5 Å². The monoisotopic (exact) mass is 346 g/mol. The van der Waals surface area contributed by atoms with Crippen LogP contribution in [-0.4, -0.2) is 67.0 Å². The van der Waals surface area contributed by atoms with Gasteiger partial charge in [0.15, 0.2) is 0 Å². The van der Waals surface area contributed by atoms with Crippen molar-refractivity contribution in [3.05, 3.63) is 21.9 Å². The number of thiophene rings is 1. The Bertz CT molecular complexity index is 674. The van der Waals surface area contributed by atoms with Crippen LogP contribution in [0.5, 0.6) is 0 Å². The van der Waals surface area contributed by atoms with Gasteiger partial charge in [0.1, 0.15) is 4.88 Å². The highest BCUT2D eigenvalue weighted by atomic mass is 32.2. The van der Waals surface area contributed by atoms with E-state index in [4.69, 9.17) is 5.11 Å². The summed E-state index contributed by atoms with van der Waals surface area (Å²) in [6, 6.07) is 2.84. The van der Waals surface area contributed by atoms with Gasteiger partial charge in [-0.1, -0.05) is 0 Å². The van der Waals surface area contributed by atoms with Crippen molar-refractivity contribution >= 4 is 33.2 Å². The van der Waals surface area contributed by atoms with E-state index >= 15 is 0 Å². The molecule has 0 aromatic carbocycles. The molecule has 0 bridgehead atoms. The zero-order valence-electron chi connectivity index (χ0n) is 12.4. The number of carbonyl (C=O) groups excluding carboxylic acids is 1. The Kier molecular flexibility index (Phi) is 4.88. The van der Waals surface area contributed by atoms with Crippen LogP contribution in [0.3, 0.4) is 0 Å². The van der Waals surface area contributed by atoms with E-state index in [1.165, 1.54) is 22.7 Å². The second-order valence-corrected chi connectivity index (χ2v) is 8.40. The van der Waals surface area contributed by atoms with E-state index in [1.54, 1.807) is 11.9 Å². The summed E-state index contributed by atoms with van der Waals surface area (Å²) in [6.45, 7) is 0.924. The Hall–Kier alpha value is -1.45. The molecule has 2 heterocycles. The van der Waals surface area contributed by atoms with Gasteiger partial charge in [-0.2, -0.15) is 0 Å². The van der Waals surface area contributed by atoms with Gasteiger partial charge in [0, 0.05) is 26.2 Å². The Morgan fingerprint density at radius 3 is 2.27 bits per heavy atom. The summed E-state index contributed by atoms with van der Waals surface area (Å²) in [5.41, 5.74) is 0. The lowest BCUT2D eigenvalue weighted by molar-refractivity contribution is 0.0687. The lowest BCUT2D eigenvalue weighted by atomic mass is 10.1. The first-order valence-corrected chi connectivity index (χ1v) is 9.42. The number of hydrogen-bond acceptors (Lipinski definition) is 5. The number of rotatable bonds is 4. The van der Waals surface area contributed by atoms with Crippen LogP contribution in [0.15, 0.2) is 12.1 Å². The highest BCUT2D eigenvalue weighted by molar-refractivity contribution is 7.88. The first-order chi connectivity index (χ1) is 10.2. The molecule has 1 aliphatic heterocycles. The largest absolute Gasteiger partial charge is 0.477 e. The molecule has 0 radical (unpaired) electrons. The van der Waals surface area contributed by atoms with Crippen LogP contribution in [0, 0.1) is 0 Å². The van der Waals surface area contributed by atoms with Gasteiger partial charge in [-0.05, 0) is 25.0 Å². The summed E-state index contributed by atoms with van der Waals surface area (Å²) in [4.78, 5) is 25.3. The fourth-order valence-electron chi connectivity index (χ4n) is 2.43. The molecule has 0 spiro atoms. The van der Waals surface area contributed by atoms with Crippen LogP contribution in [0.4, 0.5) is 0 Å². The fraction of sp³-hybridized carbons (Fsp3) is 0.538. The second-order valence-electron chi connectivity index (χ2n) is 5.27. The molecule has 0 saturated carbocycles. The molecular weight excluding hydrogens is 328 g/mol. The molecule has 1 aliphatic rings. The topological polar surface area (TPSA) is 95.0 Å². The number of amides is 1. The van der Waals surface area contributed by atoms with Crippen molar-refractivity contribution in [2.75, 3.05) is 26.4 Å². The number of nitrogens with zero attached hydrogens (tertiary/aromatic N) is 2. The van der Waals surface area contributed by atoms with E-state index in [2.05, 4.69) is 0 Å². The predicted molar refractivity (Wildman–Crippen MR) is 82.8 cm³/mol. The van der Waals surface area contributed by atoms with Crippen molar-refractivity contribution in [1.82, 2.24) is 9.21 Å². The molecule has 122 valence electrons. The predicted octanol–water partition coefficient (Wildman–Crippen LogP) is 0.942. The SMILES string of the molecule is CN(C1CCN(C(=O)c2ccc(C(=O)O)s2)CC1)S(C)(=O)=O. The van der Waals surface area contributed by atoms with E-state index in [0.29, 0.717) is 30.8 Å². The number of likely N-dealkylation sites (tertiary alicyclic amines) is 1. The third-order valence-electron chi connectivity index (χ3n) is 3.82. The van der Waals surface area contributed by atoms with Crippen molar-refractivity contribution < 1.29 is 23.1 Å². The summed E-state index contributed by atoms with van der Waals surface area (Å²) in [5.74, 6) is -1.24. The zero-order chi connectivity index (χ0) is 16.5. The molecule has 1 fully saturated rings. The van der Waals surface area contributed by atoms with Crippen LogP contribution in [-0.2, 0) is 10.0 Å². The van der Waals surface area contributed by atoms with Gasteiger partial charge >= 0.3 is 5.97 Å². The minimum atomic E-state index is -3.23. The number of piperidine rings is 1. The van der Waals surface area contributed by atoms with Gasteiger partial charge in [0.2, 0.25) is 10.0 Å². The number of aromatic carboxylic acids is 1. The van der Waals surface area contributed by atoms with Crippen molar-refractivity contribution in [3.63, 3.8) is 0 Å². The molecule has 1 N–H and O–H groups in total. The third-order valence-corrected chi connectivity index (χ3v) is 6.22. The molecule has 0 atom stereocenters. The Labute approximate surface area is 133 Å². The standard InChI is InChI=1S/C13H18N2O5S2/c1-14(22(2,19)20)9-5-7-15(8-6-9)12(16)10-3-4-11(21-10)13(17)18/h3-4,9H,5-8H2,1-2H3,(H,17,18). The van der Waals surface area contributed by atoms with Crippen LogP contribution >= 0.6 is 11.3 Å². The minimum Gasteiger partial charge on any atom is -0.477 e. The van der Waals surface area contributed by atoms with E-state index in [-0.39, 0.29) is 16.8 Å². The molecule has 0 aliphatic carbocycles. The van der Waals surface area contributed by atoms with Crippen LogP contribution in [0.1, 0.15) is 32.2 Å². The Morgan fingerprint density at radius 2 is 1.82 bits per heavy atom. The summed E-state index contributed by atoms with van der Waals surface area (Å²) >= 11 is 0.957. The highest BCUT2D eigenvalue weighted by Crippen LogP contribution is 2.22. The first kappa shape index (κ1) is 16.9. The molecule has 1 aromatic heterocycles. The summed E-state index contributed by atoms with van der Waals surface area (Å²) in [5, 5.41) is 8.89. The maximum absolute atomic E-state index is 12.3. The van der Waals surface area contributed by atoms with Gasteiger partial charge in [-0.15, -0.1) is 11.3 Å². The van der Waals surface area contributed by atoms with Crippen molar-refractivity contribution in [2.45, 2.75) is 18.9 Å². The van der Waals surface area contributed by atoms with Crippen LogP contribution in [0.25, 0.3) is 0 Å². The van der Waals surface area contributed by atoms with Gasteiger partial charge in [0.05, 0.1) is 11.1 Å². The van der Waals surface area contributed by atoms with Crippen molar-refractivity contribution in [3.8, 4) is 0 Å². The van der Waals surface area contributed by atoms with Crippen molar-refractivity contribution in [2.24, 2.45) is 0 Å². The van der Waals surface area contributed by atoms with Gasteiger partial charge in [0.25, 0.3) is 5.91 Å². The van der Waals surface area contributed by atoms with Crippen molar-refractivity contribution in [1.29, 1.82) is 0 Å². The maximum atomic E-state index is 12.3. The average molecular weight is 346 g/mol. The Balaban J connectivity index is 1.99. The summed E-state index contributed by atoms with van der Waals surface area (Å²) in [6.07, 6.45) is 2.32. The normalized spacial score (nSPS) is 17.0. The third kappa shape index (κ3) is 3.65. The fourth-order valence-corrected chi connectivity index (χ4v) is 3.99. The van der Waals surface area contributed by atoms with E-state index < -0.39 is 16.0 Å². The smallest absolute Gasteiger partial charge is 0.345 e. The average Bonchev–Trinajstić information content (AvgIpc) is 2.95. The van der Waals surface area contributed by atoms with Crippen LogP contribution in [0.2, 0.25) is 0 Å². The zero-order valence-corrected chi connectivity index (χ0v) is 14.0. The molecule has 0 unspecified atom stereocenters. The molecule has 1 amide bonds. The number of carbonyl (C=O) groups is 2. The molecule has 2 rings (SSSR count).